The summed E-state index contributed by atoms with van der Waals surface area (Å²) < 4.78 is 27.7. The normalized spacial score (nSPS) is 12.6. The first-order valence-corrected chi connectivity index (χ1v) is 9.45. The SMILES string of the molecule is CC(C)(C)c1csc(NS(=O)(=O)c2sccc2Br)n1. The third kappa shape index (κ3) is 3.36. The van der Waals surface area contributed by atoms with Crippen molar-refractivity contribution in [2.24, 2.45) is 0 Å². The summed E-state index contributed by atoms with van der Waals surface area (Å²) in [5, 5.41) is 3.99. The highest BCUT2D eigenvalue weighted by Crippen LogP contribution is 2.31. The standard InChI is InChI=1S/C11H13BrN2O2S3/c1-11(2,3)8-6-18-10(13-8)14-19(15,16)9-7(12)4-5-17-9/h4-6H,1-3H3,(H,13,14). The van der Waals surface area contributed by atoms with Crippen LogP contribution in [0.5, 0.6) is 0 Å². The number of anilines is 1. The van der Waals surface area contributed by atoms with E-state index in [2.05, 4.69) is 25.6 Å². The summed E-state index contributed by atoms with van der Waals surface area (Å²) in [6.45, 7) is 6.11. The summed E-state index contributed by atoms with van der Waals surface area (Å²) in [6.07, 6.45) is 0. The Morgan fingerprint density at radius 2 is 2.00 bits per heavy atom. The lowest BCUT2D eigenvalue weighted by molar-refractivity contribution is 0.573. The van der Waals surface area contributed by atoms with E-state index in [1.54, 1.807) is 11.4 Å². The third-order valence-corrected chi connectivity index (χ3v) is 7.22. The van der Waals surface area contributed by atoms with Crippen LogP contribution < -0.4 is 4.72 Å². The number of rotatable bonds is 3. The molecule has 2 heterocycles. The van der Waals surface area contributed by atoms with Crippen molar-refractivity contribution in [1.29, 1.82) is 0 Å². The molecule has 0 aromatic carbocycles. The van der Waals surface area contributed by atoms with Gasteiger partial charge >= 0.3 is 0 Å². The van der Waals surface area contributed by atoms with E-state index in [1.165, 1.54) is 22.7 Å². The molecule has 0 aliphatic rings. The van der Waals surface area contributed by atoms with Gasteiger partial charge in [0.15, 0.2) is 9.34 Å². The molecule has 2 aromatic heterocycles. The van der Waals surface area contributed by atoms with E-state index in [-0.39, 0.29) is 9.62 Å². The summed E-state index contributed by atoms with van der Waals surface area (Å²) >= 11 is 5.69. The summed E-state index contributed by atoms with van der Waals surface area (Å²) in [4.78, 5) is 4.32. The third-order valence-electron chi connectivity index (χ3n) is 2.32. The van der Waals surface area contributed by atoms with E-state index < -0.39 is 10.0 Å². The molecule has 8 heteroatoms. The fourth-order valence-electron chi connectivity index (χ4n) is 1.30. The lowest BCUT2D eigenvalue weighted by Gasteiger charge is -2.14. The zero-order chi connectivity index (χ0) is 14.3. The van der Waals surface area contributed by atoms with Gasteiger partial charge in [0.1, 0.15) is 0 Å². The van der Waals surface area contributed by atoms with E-state index in [4.69, 9.17) is 0 Å². The minimum absolute atomic E-state index is 0.0935. The van der Waals surface area contributed by atoms with Gasteiger partial charge in [0.2, 0.25) is 0 Å². The predicted octanol–water partition coefficient (Wildman–Crippen LogP) is 4.07. The molecular weight excluding hydrogens is 368 g/mol. The van der Waals surface area contributed by atoms with Gasteiger partial charge in [-0.1, -0.05) is 20.8 Å². The monoisotopic (exact) mass is 380 g/mol. The van der Waals surface area contributed by atoms with E-state index >= 15 is 0 Å². The largest absolute Gasteiger partial charge is 0.274 e. The van der Waals surface area contributed by atoms with Gasteiger partial charge < -0.3 is 0 Å². The number of hydrogen-bond donors (Lipinski definition) is 1. The minimum Gasteiger partial charge on any atom is -0.254 e. The Kier molecular flexibility index (Phi) is 4.06. The predicted molar refractivity (Wildman–Crippen MR) is 83.6 cm³/mol. The van der Waals surface area contributed by atoms with Gasteiger partial charge in [-0.2, -0.15) is 0 Å². The number of nitrogens with zero attached hydrogens (tertiary/aromatic N) is 1. The summed E-state index contributed by atoms with van der Waals surface area (Å²) in [6, 6.07) is 1.71. The molecule has 0 fully saturated rings. The van der Waals surface area contributed by atoms with Crippen LogP contribution in [-0.4, -0.2) is 13.4 Å². The molecule has 2 rings (SSSR count). The molecule has 0 aliphatic carbocycles. The van der Waals surface area contributed by atoms with Crippen molar-refractivity contribution < 1.29 is 8.42 Å². The lowest BCUT2D eigenvalue weighted by atomic mass is 9.93. The van der Waals surface area contributed by atoms with Gasteiger partial charge in [-0.05, 0) is 27.4 Å². The fourth-order valence-corrected chi connectivity index (χ4v) is 5.83. The molecule has 0 saturated carbocycles. The Bertz CT molecular complexity index is 683. The van der Waals surface area contributed by atoms with E-state index in [0.29, 0.717) is 9.60 Å². The van der Waals surface area contributed by atoms with Crippen molar-refractivity contribution in [1.82, 2.24) is 4.98 Å². The molecule has 0 aliphatic heterocycles. The minimum atomic E-state index is -3.56. The zero-order valence-electron chi connectivity index (χ0n) is 10.6. The molecule has 0 saturated heterocycles. The molecule has 0 radical (unpaired) electrons. The molecule has 0 atom stereocenters. The first kappa shape index (κ1) is 15.0. The Hall–Kier alpha value is -0.440. The molecule has 0 spiro atoms. The molecular formula is C11H13BrN2O2S3. The number of hydrogen-bond acceptors (Lipinski definition) is 5. The number of thiophene rings is 1. The fraction of sp³-hybridized carbons (Fsp3) is 0.364. The second-order valence-corrected chi connectivity index (χ2v) is 9.46. The summed E-state index contributed by atoms with van der Waals surface area (Å²) in [7, 11) is -3.56. The first-order chi connectivity index (χ1) is 8.70. The molecule has 19 heavy (non-hydrogen) atoms. The number of thiazole rings is 1. The highest BCUT2D eigenvalue weighted by Gasteiger charge is 2.23. The highest BCUT2D eigenvalue weighted by molar-refractivity contribution is 9.10. The second kappa shape index (κ2) is 5.16. The quantitative estimate of drug-likeness (QED) is 0.872. The van der Waals surface area contributed by atoms with E-state index in [0.717, 1.165) is 5.69 Å². The van der Waals surface area contributed by atoms with Crippen LogP contribution in [0.2, 0.25) is 0 Å². The molecule has 4 nitrogen and oxygen atoms in total. The van der Waals surface area contributed by atoms with Crippen molar-refractivity contribution >= 4 is 53.8 Å². The van der Waals surface area contributed by atoms with Crippen LogP contribution in [0, 0.1) is 0 Å². The molecule has 2 aromatic rings. The van der Waals surface area contributed by atoms with Crippen LogP contribution in [0.15, 0.2) is 25.5 Å². The number of halogens is 1. The maximum Gasteiger partial charge on any atom is 0.274 e. The second-order valence-electron chi connectivity index (χ2n) is 4.95. The van der Waals surface area contributed by atoms with Crippen LogP contribution in [0.1, 0.15) is 26.5 Å². The van der Waals surface area contributed by atoms with Crippen molar-refractivity contribution in [3.05, 3.63) is 27.0 Å². The lowest BCUT2D eigenvalue weighted by Crippen LogP contribution is -2.14. The molecule has 1 N–H and O–H groups in total. The van der Waals surface area contributed by atoms with Crippen LogP contribution >= 0.6 is 38.6 Å². The van der Waals surface area contributed by atoms with Crippen molar-refractivity contribution in [2.45, 2.75) is 30.4 Å². The van der Waals surface area contributed by atoms with Gasteiger partial charge in [-0.3, -0.25) is 4.72 Å². The van der Waals surface area contributed by atoms with Crippen LogP contribution in [0.3, 0.4) is 0 Å². The number of nitrogens with one attached hydrogen (secondary N) is 1. The number of aromatic nitrogens is 1. The molecule has 104 valence electrons. The van der Waals surface area contributed by atoms with Crippen LogP contribution in [-0.2, 0) is 15.4 Å². The van der Waals surface area contributed by atoms with Gasteiger partial charge in [-0.15, -0.1) is 22.7 Å². The van der Waals surface area contributed by atoms with Crippen LogP contribution in [0.25, 0.3) is 0 Å². The maximum absolute atomic E-state index is 12.2. The van der Waals surface area contributed by atoms with E-state index in [1.807, 2.05) is 26.2 Å². The van der Waals surface area contributed by atoms with Crippen molar-refractivity contribution in [2.75, 3.05) is 4.72 Å². The van der Waals surface area contributed by atoms with Gasteiger partial charge in [0.05, 0.1) is 5.69 Å². The number of sulfonamides is 1. The summed E-state index contributed by atoms with van der Waals surface area (Å²) in [5.74, 6) is 0. The van der Waals surface area contributed by atoms with E-state index in [9.17, 15) is 8.42 Å². The van der Waals surface area contributed by atoms with Gasteiger partial charge in [0.25, 0.3) is 10.0 Å². The highest BCUT2D eigenvalue weighted by atomic mass is 79.9. The average Bonchev–Trinajstić information content (AvgIpc) is 2.85. The molecule has 0 unspecified atom stereocenters. The zero-order valence-corrected chi connectivity index (χ0v) is 14.6. The average molecular weight is 381 g/mol. The smallest absolute Gasteiger partial charge is 0.254 e. The maximum atomic E-state index is 12.2. The van der Waals surface area contributed by atoms with Gasteiger partial charge in [0, 0.05) is 15.3 Å². The van der Waals surface area contributed by atoms with Crippen molar-refractivity contribution in [3.63, 3.8) is 0 Å². The Morgan fingerprint density at radius 1 is 1.32 bits per heavy atom. The Balaban J connectivity index is 2.27. The molecule has 0 bridgehead atoms. The van der Waals surface area contributed by atoms with Crippen molar-refractivity contribution in [3.8, 4) is 0 Å². The topological polar surface area (TPSA) is 59.1 Å². The molecule has 0 amide bonds. The summed E-state index contributed by atoms with van der Waals surface area (Å²) in [5.41, 5.74) is 0.782. The van der Waals surface area contributed by atoms with Crippen LogP contribution in [0.4, 0.5) is 5.13 Å². The van der Waals surface area contributed by atoms with Gasteiger partial charge in [-0.25, -0.2) is 13.4 Å². The first-order valence-electron chi connectivity index (χ1n) is 5.42. The Labute approximate surface area is 129 Å². The Morgan fingerprint density at radius 3 is 2.47 bits per heavy atom.